The van der Waals surface area contributed by atoms with Gasteiger partial charge in [-0.25, -0.2) is 4.39 Å². The number of piperidine rings is 1. The van der Waals surface area contributed by atoms with Crippen molar-refractivity contribution < 1.29 is 4.39 Å². The second kappa shape index (κ2) is 3.53. The van der Waals surface area contributed by atoms with Gasteiger partial charge in [0.25, 0.3) is 0 Å². The summed E-state index contributed by atoms with van der Waals surface area (Å²) in [5, 5.41) is 3.12. The molecule has 2 unspecified atom stereocenters. The van der Waals surface area contributed by atoms with Crippen molar-refractivity contribution in [2.45, 2.75) is 38.8 Å². The molecule has 0 aromatic rings. The second-order valence-corrected chi connectivity index (χ2v) is 3.62. The molecular weight excluding hydrogens is 141 g/mol. The standard InChI is InChI=1S/C9H18FN/c1-3-8(2)9(10)5-4-6-11-7-9/h8,11H,3-7H2,1-2H3. The van der Waals surface area contributed by atoms with E-state index in [9.17, 15) is 4.39 Å². The van der Waals surface area contributed by atoms with E-state index >= 15 is 0 Å². The highest BCUT2D eigenvalue weighted by molar-refractivity contribution is 4.89. The number of alkyl halides is 1. The Morgan fingerprint density at radius 3 is 2.82 bits per heavy atom. The van der Waals surface area contributed by atoms with Gasteiger partial charge in [-0.15, -0.1) is 0 Å². The van der Waals surface area contributed by atoms with E-state index in [1.54, 1.807) is 0 Å². The normalized spacial score (nSPS) is 35.2. The molecule has 0 aromatic carbocycles. The number of rotatable bonds is 2. The summed E-state index contributed by atoms with van der Waals surface area (Å²) in [6.45, 7) is 5.61. The van der Waals surface area contributed by atoms with Gasteiger partial charge >= 0.3 is 0 Å². The molecule has 0 bridgehead atoms. The fourth-order valence-corrected chi connectivity index (χ4v) is 1.68. The predicted octanol–water partition coefficient (Wildman–Crippen LogP) is 2.12. The largest absolute Gasteiger partial charge is 0.314 e. The van der Waals surface area contributed by atoms with Crippen LogP contribution in [-0.4, -0.2) is 18.8 Å². The van der Waals surface area contributed by atoms with Gasteiger partial charge in [0.2, 0.25) is 0 Å². The molecule has 1 fully saturated rings. The molecule has 1 aliphatic rings. The van der Waals surface area contributed by atoms with Crippen LogP contribution in [0.15, 0.2) is 0 Å². The monoisotopic (exact) mass is 159 g/mol. The Labute approximate surface area is 68.4 Å². The van der Waals surface area contributed by atoms with Gasteiger partial charge in [0.05, 0.1) is 0 Å². The van der Waals surface area contributed by atoms with Crippen LogP contribution in [-0.2, 0) is 0 Å². The average molecular weight is 159 g/mol. The van der Waals surface area contributed by atoms with Crippen LogP contribution in [0.3, 0.4) is 0 Å². The van der Waals surface area contributed by atoms with Crippen LogP contribution in [0.25, 0.3) is 0 Å². The minimum absolute atomic E-state index is 0.204. The Morgan fingerprint density at radius 2 is 2.36 bits per heavy atom. The lowest BCUT2D eigenvalue weighted by molar-refractivity contribution is 0.0583. The summed E-state index contributed by atoms with van der Waals surface area (Å²) in [6.07, 6.45) is 2.67. The number of hydrogen-bond donors (Lipinski definition) is 1. The summed E-state index contributed by atoms with van der Waals surface area (Å²) in [5.41, 5.74) is -0.924. The van der Waals surface area contributed by atoms with Crippen LogP contribution in [0.5, 0.6) is 0 Å². The summed E-state index contributed by atoms with van der Waals surface area (Å²) >= 11 is 0. The van der Waals surface area contributed by atoms with Gasteiger partial charge in [0.1, 0.15) is 5.67 Å². The molecule has 2 atom stereocenters. The van der Waals surface area contributed by atoms with E-state index in [0.717, 1.165) is 25.8 Å². The maximum absolute atomic E-state index is 13.9. The molecule has 66 valence electrons. The minimum Gasteiger partial charge on any atom is -0.314 e. The smallest absolute Gasteiger partial charge is 0.126 e. The highest BCUT2D eigenvalue weighted by atomic mass is 19.1. The van der Waals surface area contributed by atoms with Crippen LogP contribution in [0, 0.1) is 5.92 Å². The first-order valence-electron chi connectivity index (χ1n) is 4.58. The van der Waals surface area contributed by atoms with Gasteiger partial charge in [0, 0.05) is 6.54 Å². The molecule has 1 aliphatic heterocycles. The summed E-state index contributed by atoms with van der Waals surface area (Å²) in [7, 11) is 0. The predicted molar refractivity (Wildman–Crippen MR) is 45.4 cm³/mol. The van der Waals surface area contributed by atoms with E-state index in [4.69, 9.17) is 0 Å². The van der Waals surface area contributed by atoms with Crippen LogP contribution in [0.4, 0.5) is 4.39 Å². The van der Waals surface area contributed by atoms with Crippen molar-refractivity contribution in [2.75, 3.05) is 13.1 Å². The van der Waals surface area contributed by atoms with E-state index in [0.29, 0.717) is 6.54 Å². The topological polar surface area (TPSA) is 12.0 Å². The first-order chi connectivity index (χ1) is 5.19. The van der Waals surface area contributed by atoms with Crippen LogP contribution in [0.2, 0.25) is 0 Å². The molecule has 0 radical (unpaired) electrons. The van der Waals surface area contributed by atoms with Crippen molar-refractivity contribution in [1.29, 1.82) is 0 Å². The van der Waals surface area contributed by atoms with Gasteiger partial charge in [-0.05, 0) is 25.3 Å². The highest BCUT2D eigenvalue weighted by Gasteiger charge is 2.36. The third-order valence-electron chi connectivity index (χ3n) is 2.86. The fourth-order valence-electron chi connectivity index (χ4n) is 1.68. The molecule has 1 saturated heterocycles. The van der Waals surface area contributed by atoms with Gasteiger partial charge in [-0.2, -0.15) is 0 Å². The summed E-state index contributed by atoms with van der Waals surface area (Å²) in [5.74, 6) is 0.204. The molecule has 0 aromatic heterocycles. The summed E-state index contributed by atoms with van der Waals surface area (Å²) < 4.78 is 13.9. The third-order valence-corrected chi connectivity index (χ3v) is 2.86. The number of nitrogens with one attached hydrogen (secondary N) is 1. The lowest BCUT2D eigenvalue weighted by Crippen LogP contribution is -2.46. The Balaban J connectivity index is 2.49. The maximum atomic E-state index is 13.9. The molecule has 0 amide bonds. The SMILES string of the molecule is CCC(C)C1(F)CCCNC1. The van der Waals surface area contributed by atoms with Gasteiger partial charge in [-0.3, -0.25) is 0 Å². The van der Waals surface area contributed by atoms with E-state index < -0.39 is 5.67 Å². The summed E-state index contributed by atoms with van der Waals surface area (Å²) in [6, 6.07) is 0. The molecule has 0 saturated carbocycles. The van der Waals surface area contributed by atoms with Crippen molar-refractivity contribution in [2.24, 2.45) is 5.92 Å². The van der Waals surface area contributed by atoms with E-state index in [-0.39, 0.29) is 5.92 Å². The zero-order valence-corrected chi connectivity index (χ0v) is 7.49. The van der Waals surface area contributed by atoms with Gasteiger partial charge in [0.15, 0.2) is 0 Å². The first-order valence-corrected chi connectivity index (χ1v) is 4.58. The molecule has 1 rings (SSSR count). The number of halogens is 1. The Kier molecular flexibility index (Phi) is 2.88. The van der Waals surface area contributed by atoms with E-state index in [1.807, 2.05) is 6.92 Å². The van der Waals surface area contributed by atoms with Crippen molar-refractivity contribution in [3.63, 3.8) is 0 Å². The molecule has 11 heavy (non-hydrogen) atoms. The van der Waals surface area contributed by atoms with Crippen LogP contribution in [0.1, 0.15) is 33.1 Å². The third kappa shape index (κ3) is 1.92. The Hall–Kier alpha value is -0.110. The first kappa shape index (κ1) is 8.98. The molecule has 0 spiro atoms. The molecule has 1 N–H and O–H groups in total. The molecule has 2 heteroatoms. The van der Waals surface area contributed by atoms with E-state index in [1.165, 1.54) is 0 Å². The Morgan fingerprint density at radius 1 is 1.64 bits per heavy atom. The van der Waals surface area contributed by atoms with Crippen LogP contribution < -0.4 is 5.32 Å². The zero-order valence-electron chi connectivity index (χ0n) is 7.49. The lowest BCUT2D eigenvalue weighted by atomic mass is 9.83. The quantitative estimate of drug-likeness (QED) is 0.650. The summed E-state index contributed by atoms with van der Waals surface area (Å²) in [4.78, 5) is 0. The molecule has 1 heterocycles. The van der Waals surface area contributed by atoms with Gasteiger partial charge < -0.3 is 5.32 Å². The van der Waals surface area contributed by atoms with E-state index in [2.05, 4.69) is 12.2 Å². The molecule has 1 nitrogen and oxygen atoms in total. The molecule has 0 aliphatic carbocycles. The minimum atomic E-state index is -0.924. The van der Waals surface area contributed by atoms with Crippen molar-refractivity contribution in [3.8, 4) is 0 Å². The average Bonchev–Trinajstić information content (AvgIpc) is 2.04. The molecular formula is C9H18FN. The number of hydrogen-bond acceptors (Lipinski definition) is 1. The fraction of sp³-hybridized carbons (Fsp3) is 1.00. The van der Waals surface area contributed by atoms with Crippen molar-refractivity contribution in [1.82, 2.24) is 5.32 Å². The maximum Gasteiger partial charge on any atom is 0.126 e. The van der Waals surface area contributed by atoms with Crippen LogP contribution >= 0.6 is 0 Å². The lowest BCUT2D eigenvalue weighted by Gasteiger charge is -2.34. The zero-order chi connectivity index (χ0) is 8.32. The van der Waals surface area contributed by atoms with Gasteiger partial charge in [-0.1, -0.05) is 20.3 Å². The van der Waals surface area contributed by atoms with Crippen molar-refractivity contribution in [3.05, 3.63) is 0 Å². The Bertz CT molecular complexity index is 119. The van der Waals surface area contributed by atoms with Crippen molar-refractivity contribution >= 4 is 0 Å². The second-order valence-electron chi connectivity index (χ2n) is 3.62. The highest BCUT2D eigenvalue weighted by Crippen LogP contribution is 2.31.